The average Bonchev–Trinajstić information content (AvgIpc) is 2.50. The van der Waals surface area contributed by atoms with Crippen LogP contribution in [0.1, 0.15) is 0 Å². The summed E-state index contributed by atoms with van der Waals surface area (Å²) in [5.74, 6) is 0.300. The van der Waals surface area contributed by atoms with E-state index in [1.807, 2.05) is 0 Å². The fourth-order valence-corrected chi connectivity index (χ4v) is 3.57. The summed E-state index contributed by atoms with van der Waals surface area (Å²) in [6, 6.07) is 8.49. The molecule has 0 heterocycles. The van der Waals surface area contributed by atoms with Crippen molar-refractivity contribution in [1.29, 1.82) is 0 Å². The topological polar surface area (TPSA) is 98.5 Å². The van der Waals surface area contributed by atoms with Crippen molar-refractivity contribution in [2.75, 3.05) is 7.05 Å². The summed E-state index contributed by atoms with van der Waals surface area (Å²) < 4.78 is 32.5. The molecule has 0 aliphatic heterocycles. The maximum atomic E-state index is 11.7. The molecule has 0 spiro atoms. The number of nitrogens with one attached hydrogen (secondary N) is 1. The van der Waals surface area contributed by atoms with Crippen molar-refractivity contribution in [3.05, 3.63) is 55.5 Å². The van der Waals surface area contributed by atoms with Gasteiger partial charge in [-0.2, -0.15) is 0 Å². The first-order chi connectivity index (χ1) is 10.7. The third-order valence-electron chi connectivity index (χ3n) is 2.82. The highest BCUT2D eigenvalue weighted by atomic mass is 79.9. The van der Waals surface area contributed by atoms with Crippen LogP contribution in [-0.4, -0.2) is 20.4 Å². The van der Waals surface area contributed by atoms with E-state index in [9.17, 15) is 18.5 Å². The van der Waals surface area contributed by atoms with Gasteiger partial charge in [0.1, 0.15) is 5.75 Å². The van der Waals surface area contributed by atoms with Crippen LogP contribution in [0.25, 0.3) is 0 Å². The molecule has 7 nitrogen and oxygen atoms in total. The highest BCUT2D eigenvalue weighted by Crippen LogP contribution is 2.37. The fraction of sp³-hybridized carbons (Fsp3) is 0.0769. The SMILES string of the molecule is CNS(=O)(=O)c1ccc(Oc2ccc(Br)cc2Br)c([N+](=O)[O-])c1. The largest absolute Gasteiger partial charge is 0.449 e. The smallest absolute Gasteiger partial charge is 0.312 e. The highest BCUT2D eigenvalue weighted by Gasteiger charge is 2.22. The Labute approximate surface area is 149 Å². The molecule has 10 heteroatoms. The van der Waals surface area contributed by atoms with E-state index in [1.165, 1.54) is 19.2 Å². The van der Waals surface area contributed by atoms with Crippen molar-refractivity contribution >= 4 is 47.6 Å². The minimum absolute atomic E-state index is 0.0620. The van der Waals surface area contributed by atoms with Crippen LogP contribution in [0, 0.1) is 10.1 Å². The second-order valence-corrected chi connectivity index (χ2v) is 7.93. The van der Waals surface area contributed by atoms with Gasteiger partial charge in [-0.15, -0.1) is 0 Å². The molecule has 0 radical (unpaired) electrons. The van der Waals surface area contributed by atoms with Gasteiger partial charge < -0.3 is 4.74 Å². The third kappa shape index (κ3) is 4.08. The van der Waals surface area contributed by atoms with Crippen LogP contribution in [0.2, 0.25) is 0 Å². The van der Waals surface area contributed by atoms with Gasteiger partial charge in [-0.25, -0.2) is 13.1 Å². The number of hydrogen-bond acceptors (Lipinski definition) is 5. The highest BCUT2D eigenvalue weighted by molar-refractivity contribution is 9.11. The summed E-state index contributed by atoms with van der Waals surface area (Å²) in [5.41, 5.74) is -0.448. The van der Waals surface area contributed by atoms with Crippen molar-refractivity contribution in [3.63, 3.8) is 0 Å². The Kier molecular flexibility index (Phi) is 5.40. The number of halogens is 2. The lowest BCUT2D eigenvalue weighted by Gasteiger charge is -2.10. The molecule has 0 unspecified atom stereocenters. The molecule has 0 bridgehead atoms. The summed E-state index contributed by atoms with van der Waals surface area (Å²) in [5, 5.41) is 11.2. The summed E-state index contributed by atoms with van der Waals surface area (Å²) >= 11 is 6.58. The zero-order valence-electron chi connectivity index (χ0n) is 11.6. The molecule has 0 aliphatic rings. The Balaban J connectivity index is 2.48. The number of nitro benzene ring substituents is 1. The van der Waals surface area contributed by atoms with Crippen LogP contribution >= 0.6 is 31.9 Å². The quantitative estimate of drug-likeness (QED) is 0.534. The molecular weight excluding hydrogens is 456 g/mol. The molecule has 0 atom stereocenters. The van der Waals surface area contributed by atoms with E-state index in [1.54, 1.807) is 18.2 Å². The van der Waals surface area contributed by atoms with Gasteiger partial charge in [-0.05, 0) is 53.3 Å². The van der Waals surface area contributed by atoms with Gasteiger partial charge in [0.25, 0.3) is 0 Å². The summed E-state index contributed by atoms with van der Waals surface area (Å²) in [7, 11) is -2.56. The lowest BCUT2D eigenvalue weighted by Crippen LogP contribution is -2.18. The third-order valence-corrected chi connectivity index (χ3v) is 5.34. The van der Waals surface area contributed by atoms with Gasteiger partial charge in [0.15, 0.2) is 0 Å². The predicted octanol–water partition coefficient (Wildman–Crippen LogP) is 3.82. The van der Waals surface area contributed by atoms with Crippen molar-refractivity contribution < 1.29 is 18.1 Å². The van der Waals surface area contributed by atoms with E-state index < -0.39 is 20.6 Å². The molecule has 0 saturated heterocycles. The number of ether oxygens (including phenoxy) is 1. The molecule has 2 rings (SSSR count). The first kappa shape index (κ1) is 17.9. The van der Waals surface area contributed by atoms with Gasteiger partial charge in [0, 0.05) is 10.5 Å². The molecule has 2 aromatic carbocycles. The van der Waals surface area contributed by atoms with Crippen molar-refractivity contribution in [2.45, 2.75) is 4.90 Å². The molecule has 0 amide bonds. The summed E-state index contributed by atoms with van der Waals surface area (Å²) in [6.07, 6.45) is 0. The van der Waals surface area contributed by atoms with E-state index in [4.69, 9.17) is 4.74 Å². The van der Waals surface area contributed by atoms with Crippen molar-refractivity contribution in [1.82, 2.24) is 4.72 Å². The second-order valence-electron chi connectivity index (χ2n) is 4.27. The number of nitro groups is 1. The Morgan fingerprint density at radius 1 is 1.13 bits per heavy atom. The van der Waals surface area contributed by atoms with Crippen LogP contribution in [0.15, 0.2) is 50.2 Å². The van der Waals surface area contributed by atoms with Crippen LogP contribution in [-0.2, 0) is 10.0 Å². The Bertz CT molecular complexity index is 871. The van der Waals surface area contributed by atoms with Gasteiger partial charge in [-0.1, -0.05) is 15.9 Å². The van der Waals surface area contributed by atoms with E-state index in [0.717, 1.165) is 10.5 Å². The molecule has 1 N–H and O–H groups in total. The normalized spacial score (nSPS) is 11.3. The van der Waals surface area contributed by atoms with Crippen LogP contribution < -0.4 is 9.46 Å². The molecule has 122 valence electrons. The minimum atomic E-state index is -3.78. The maximum absolute atomic E-state index is 11.7. The predicted molar refractivity (Wildman–Crippen MR) is 91.3 cm³/mol. The number of benzene rings is 2. The van der Waals surface area contributed by atoms with Crippen LogP contribution in [0.5, 0.6) is 11.5 Å². The molecule has 0 saturated carbocycles. The first-order valence-corrected chi connectivity index (χ1v) is 9.16. The standard InChI is InChI=1S/C13H10Br2N2O5S/c1-16-23(20,21)9-3-5-13(11(7-9)17(18)19)22-12-4-2-8(14)6-10(12)15/h2-7,16H,1H3. The Morgan fingerprint density at radius 2 is 1.78 bits per heavy atom. The van der Waals surface area contributed by atoms with E-state index in [2.05, 4.69) is 36.6 Å². The lowest BCUT2D eigenvalue weighted by atomic mass is 10.3. The van der Waals surface area contributed by atoms with E-state index in [0.29, 0.717) is 10.2 Å². The van der Waals surface area contributed by atoms with Crippen LogP contribution in [0.3, 0.4) is 0 Å². The maximum Gasteiger partial charge on any atom is 0.312 e. The number of rotatable bonds is 5. The summed E-state index contributed by atoms with van der Waals surface area (Å²) in [4.78, 5) is 10.3. The minimum Gasteiger partial charge on any atom is -0.449 e. The Hall–Kier alpha value is -1.49. The molecule has 0 fully saturated rings. The zero-order valence-corrected chi connectivity index (χ0v) is 15.6. The fourth-order valence-electron chi connectivity index (χ4n) is 1.69. The number of nitrogens with zero attached hydrogens (tertiary/aromatic N) is 1. The molecule has 0 aliphatic carbocycles. The average molecular weight is 466 g/mol. The first-order valence-electron chi connectivity index (χ1n) is 6.09. The monoisotopic (exact) mass is 464 g/mol. The van der Waals surface area contributed by atoms with Crippen LogP contribution in [0.4, 0.5) is 5.69 Å². The molecule has 2 aromatic rings. The lowest BCUT2D eigenvalue weighted by molar-refractivity contribution is -0.385. The zero-order chi connectivity index (χ0) is 17.2. The Morgan fingerprint density at radius 3 is 2.35 bits per heavy atom. The van der Waals surface area contributed by atoms with E-state index >= 15 is 0 Å². The van der Waals surface area contributed by atoms with Gasteiger partial charge >= 0.3 is 5.69 Å². The number of sulfonamides is 1. The van der Waals surface area contributed by atoms with E-state index in [-0.39, 0.29) is 10.6 Å². The summed E-state index contributed by atoms with van der Waals surface area (Å²) in [6.45, 7) is 0. The second kappa shape index (κ2) is 6.95. The molecule has 23 heavy (non-hydrogen) atoms. The number of hydrogen-bond donors (Lipinski definition) is 1. The molecular formula is C13H10Br2N2O5S. The molecule has 0 aromatic heterocycles. The van der Waals surface area contributed by atoms with Crippen molar-refractivity contribution in [3.8, 4) is 11.5 Å². The van der Waals surface area contributed by atoms with Gasteiger partial charge in [0.2, 0.25) is 15.8 Å². The van der Waals surface area contributed by atoms with Gasteiger partial charge in [-0.3, -0.25) is 10.1 Å². The van der Waals surface area contributed by atoms with Gasteiger partial charge in [0.05, 0.1) is 14.3 Å². The van der Waals surface area contributed by atoms with Crippen molar-refractivity contribution in [2.24, 2.45) is 0 Å².